The summed E-state index contributed by atoms with van der Waals surface area (Å²) in [6, 6.07) is 14.8. The lowest BCUT2D eigenvalue weighted by atomic mass is 10.1. The Kier molecular flexibility index (Phi) is 7.67. The first kappa shape index (κ1) is 20.3. The van der Waals surface area contributed by atoms with Crippen LogP contribution in [0, 0.1) is 0 Å². The maximum absolute atomic E-state index is 12.1. The van der Waals surface area contributed by atoms with Gasteiger partial charge in [0.15, 0.2) is 18.1 Å². The van der Waals surface area contributed by atoms with Crippen LogP contribution < -0.4 is 14.8 Å². The van der Waals surface area contributed by atoms with Crippen LogP contribution in [0.3, 0.4) is 0 Å². The molecule has 27 heavy (non-hydrogen) atoms. The molecule has 0 spiro atoms. The predicted octanol–water partition coefficient (Wildman–Crippen LogP) is 3.00. The van der Waals surface area contributed by atoms with Crippen molar-refractivity contribution in [1.29, 1.82) is 0 Å². The van der Waals surface area contributed by atoms with Crippen molar-refractivity contribution >= 4 is 11.9 Å². The molecule has 0 saturated heterocycles. The third-order valence-electron chi connectivity index (χ3n) is 4.06. The molecule has 0 aromatic heterocycles. The van der Waals surface area contributed by atoms with Crippen LogP contribution in [0.5, 0.6) is 11.5 Å². The molecule has 1 N–H and O–H groups in total. The molecule has 144 valence electrons. The third kappa shape index (κ3) is 6.33. The Balaban J connectivity index is 1.83. The highest BCUT2D eigenvalue weighted by Crippen LogP contribution is 2.28. The van der Waals surface area contributed by atoms with Crippen LogP contribution >= 0.6 is 0 Å². The van der Waals surface area contributed by atoms with Crippen LogP contribution in [-0.4, -0.2) is 38.7 Å². The lowest BCUT2D eigenvalue weighted by Crippen LogP contribution is -2.36. The fourth-order valence-electron chi connectivity index (χ4n) is 2.59. The van der Waals surface area contributed by atoms with Gasteiger partial charge in [-0.05, 0) is 43.5 Å². The number of nitrogens with one attached hydrogen (secondary N) is 1. The summed E-state index contributed by atoms with van der Waals surface area (Å²) in [5.74, 6) is 0.0690. The maximum Gasteiger partial charge on any atom is 0.337 e. The zero-order valence-electron chi connectivity index (χ0n) is 15.9. The summed E-state index contributed by atoms with van der Waals surface area (Å²) >= 11 is 0. The van der Waals surface area contributed by atoms with Gasteiger partial charge in [0.2, 0.25) is 0 Å². The van der Waals surface area contributed by atoms with Crippen LogP contribution in [0.25, 0.3) is 0 Å². The Bertz CT molecular complexity index is 760. The predicted molar refractivity (Wildman–Crippen MR) is 102 cm³/mol. The molecule has 0 aliphatic carbocycles. The zero-order chi connectivity index (χ0) is 19.6. The van der Waals surface area contributed by atoms with Gasteiger partial charge in [-0.3, -0.25) is 4.79 Å². The summed E-state index contributed by atoms with van der Waals surface area (Å²) in [4.78, 5) is 23.7. The van der Waals surface area contributed by atoms with E-state index in [0.717, 1.165) is 12.8 Å². The Morgan fingerprint density at radius 2 is 1.78 bits per heavy atom. The number of benzene rings is 2. The van der Waals surface area contributed by atoms with Crippen LogP contribution in [0.4, 0.5) is 0 Å². The molecule has 1 atom stereocenters. The van der Waals surface area contributed by atoms with E-state index in [2.05, 4.69) is 22.2 Å². The number of carbonyl (C=O) groups excluding carboxylic acids is 2. The highest BCUT2D eigenvalue weighted by molar-refractivity contribution is 5.90. The van der Waals surface area contributed by atoms with Gasteiger partial charge in [0.1, 0.15) is 0 Å². The summed E-state index contributed by atoms with van der Waals surface area (Å²) in [6.45, 7) is 1.83. The van der Waals surface area contributed by atoms with E-state index in [0.29, 0.717) is 17.1 Å². The first-order valence-electron chi connectivity index (χ1n) is 8.76. The first-order valence-corrected chi connectivity index (χ1v) is 8.76. The lowest BCUT2D eigenvalue weighted by molar-refractivity contribution is -0.123. The van der Waals surface area contributed by atoms with E-state index in [1.165, 1.54) is 25.8 Å². The molecular formula is C21H25NO5. The van der Waals surface area contributed by atoms with Gasteiger partial charge in [0.25, 0.3) is 5.91 Å². The molecule has 0 fully saturated rings. The Hall–Kier alpha value is -3.02. The summed E-state index contributed by atoms with van der Waals surface area (Å²) in [5, 5.41) is 2.92. The van der Waals surface area contributed by atoms with Gasteiger partial charge in [0, 0.05) is 6.04 Å². The van der Waals surface area contributed by atoms with Crippen LogP contribution in [0.1, 0.15) is 29.3 Å². The van der Waals surface area contributed by atoms with Gasteiger partial charge >= 0.3 is 5.97 Å². The number of methoxy groups -OCH3 is 2. The van der Waals surface area contributed by atoms with Gasteiger partial charge in [-0.2, -0.15) is 0 Å². The van der Waals surface area contributed by atoms with Crippen molar-refractivity contribution in [2.45, 2.75) is 25.8 Å². The van der Waals surface area contributed by atoms with Crippen molar-refractivity contribution in [3.63, 3.8) is 0 Å². The topological polar surface area (TPSA) is 73.9 Å². The molecule has 0 saturated carbocycles. The van der Waals surface area contributed by atoms with Gasteiger partial charge in [-0.1, -0.05) is 30.3 Å². The molecule has 0 radical (unpaired) electrons. The van der Waals surface area contributed by atoms with Crippen LogP contribution in [0.15, 0.2) is 48.5 Å². The van der Waals surface area contributed by atoms with Crippen LogP contribution in [0.2, 0.25) is 0 Å². The molecule has 0 bridgehead atoms. The maximum atomic E-state index is 12.1. The second-order valence-electron chi connectivity index (χ2n) is 6.14. The van der Waals surface area contributed by atoms with Crippen molar-refractivity contribution in [2.75, 3.05) is 20.8 Å². The molecule has 6 nitrogen and oxygen atoms in total. The minimum atomic E-state index is -0.468. The minimum Gasteiger partial charge on any atom is -0.493 e. The monoisotopic (exact) mass is 371 g/mol. The van der Waals surface area contributed by atoms with Crippen molar-refractivity contribution < 1.29 is 23.8 Å². The largest absolute Gasteiger partial charge is 0.493 e. The molecule has 2 aromatic rings. The number of hydrogen-bond donors (Lipinski definition) is 1. The number of aryl methyl sites for hydroxylation is 1. The van der Waals surface area contributed by atoms with E-state index in [1.807, 2.05) is 25.1 Å². The standard InChI is InChI=1S/C21H25NO5/c1-15(9-10-16-7-5-4-6-8-16)22-20(23)14-27-18-12-11-17(21(24)26-3)13-19(18)25-2/h4-8,11-13,15H,9-10,14H2,1-3H3,(H,22,23)/t15-/m1/s1. The Morgan fingerprint density at radius 1 is 1.04 bits per heavy atom. The summed E-state index contributed by atoms with van der Waals surface area (Å²) in [7, 11) is 2.78. The van der Waals surface area contributed by atoms with E-state index in [-0.39, 0.29) is 18.6 Å². The van der Waals surface area contributed by atoms with Crippen molar-refractivity contribution in [1.82, 2.24) is 5.32 Å². The number of ether oxygens (including phenoxy) is 3. The Morgan fingerprint density at radius 3 is 2.44 bits per heavy atom. The quantitative estimate of drug-likeness (QED) is 0.686. The second-order valence-corrected chi connectivity index (χ2v) is 6.14. The lowest BCUT2D eigenvalue weighted by Gasteiger charge is -2.15. The molecule has 0 unspecified atom stereocenters. The number of rotatable bonds is 9. The van der Waals surface area contributed by atoms with E-state index >= 15 is 0 Å². The average molecular weight is 371 g/mol. The van der Waals surface area contributed by atoms with Gasteiger partial charge < -0.3 is 19.5 Å². The number of esters is 1. The van der Waals surface area contributed by atoms with E-state index in [4.69, 9.17) is 9.47 Å². The van der Waals surface area contributed by atoms with Crippen molar-refractivity contribution in [2.24, 2.45) is 0 Å². The normalized spacial score (nSPS) is 11.4. The average Bonchev–Trinajstić information content (AvgIpc) is 2.70. The molecule has 6 heteroatoms. The van der Waals surface area contributed by atoms with E-state index < -0.39 is 5.97 Å². The minimum absolute atomic E-state index is 0.0323. The van der Waals surface area contributed by atoms with Gasteiger partial charge in [-0.25, -0.2) is 4.79 Å². The molecule has 1 amide bonds. The van der Waals surface area contributed by atoms with E-state index in [9.17, 15) is 9.59 Å². The summed E-state index contributed by atoms with van der Waals surface area (Å²) < 4.78 is 15.4. The number of carbonyl (C=O) groups is 2. The molecule has 2 rings (SSSR count). The van der Waals surface area contributed by atoms with E-state index in [1.54, 1.807) is 12.1 Å². The first-order chi connectivity index (χ1) is 13.0. The number of amides is 1. The number of hydrogen-bond acceptors (Lipinski definition) is 5. The van der Waals surface area contributed by atoms with Crippen molar-refractivity contribution in [3.8, 4) is 11.5 Å². The highest BCUT2D eigenvalue weighted by atomic mass is 16.5. The van der Waals surface area contributed by atoms with Crippen LogP contribution in [-0.2, 0) is 16.0 Å². The summed E-state index contributed by atoms with van der Waals surface area (Å²) in [5.41, 5.74) is 1.59. The van der Waals surface area contributed by atoms with Gasteiger partial charge in [-0.15, -0.1) is 0 Å². The zero-order valence-corrected chi connectivity index (χ0v) is 15.9. The molecule has 2 aromatic carbocycles. The summed E-state index contributed by atoms with van der Waals surface area (Å²) in [6.07, 6.45) is 1.73. The highest BCUT2D eigenvalue weighted by Gasteiger charge is 2.13. The fraction of sp³-hybridized carbons (Fsp3) is 0.333. The molecule has 0 heterocycles. The second kappa shape index (κ2) is 10.2. The molecular weight excluding hydrogens is 346 g/mol. The van der Waals surface area contributed by atoms with Crippen molar-refractivity contribution in [3.05, 3.63) is 59.7 Å². The third-order valence-corrected chi connectivity index (χ3v) is 4.06. The smallest absolute Gasteiger partial charge is 0.337 e. The van der Waals surface area contributed by atoms with Gasteiger partial charge in [0.05, 0.1) is 19.8 Å². The fourth-order valence-corrected chi connectivity index (χ4v) is 2.59. The molecule has 0 aliphatic rings. The Labute approximate surface area is 159 Å². The molecule has 0 aliphatic heterocycles. The SMILES string of the molecule is COC(=O)c1ccc(OCC(=O)N[C@H](C)CCc2ccccc2)c(OC)c1.